The van der Waals surface area contributed by atoms with Gasteiger partial charge in [0.2, 0.25) is 0 Å². The van der Waals surface area contributed by atoms with Crippen molar-refractivity contribution in [3.05, 3.63) is 0 Å². The summed E-state index contributed by atoms with van der Waals surface area (Å²) in [6.07, 6.45) is -1.52. The number of halogens is 2. The van der Waals surface area contributed by atoms with Crippen LogP contribution in [0, 0.1) is 0 Å². The Morgan fingerprint density at radius 1 is 1.36 bits per heavy atom. The highest BCUT2D eigenvalue weighted by atomic mass is 19.3. The largest absolute Gasteiger partial charge is 0.386 e. The van der Waals surface area contributed by atoms with Crippen molar-refractivity contribution in [1.29, 1.82) is 0 Å². The smallest absolute Gasteiger partial charge is 0.265 e. The Hall–Kier alpha value is -0.260. The van der Waals surface area contributed by atoms with Crippen LogP contribution in [0.5, 0.6) is 0 Å². The minimum absolute atomic E-state index is 0.0394. The van der Waals surface area contributed by atoms with Crippen LogP contribution in [0.4, 0.5) is 8.78 Å². The molecular weight excluding hydrogens is 192 g/mol. The average Bonchev–Trinajstić information content (AvgIpc) is 2.42. The zero-order chi connectivity index (χ0) is 10.4. The molecular formula is C9H17F2NO2. The number of aliphatic hydroxyl groups is 1. The number of aliphatic hydroxyl groups excluding tert-OH is 1. The molecule has 5 heteroatoms. The topological polar surface area (TPSA) is 41.5 Å². The summed E-state index contributed by atoms with van der Waals surface area (Å²) >= 11 is 0. The number of rotatable bonds is 4. The Morgan fingerprint density at radius 3 is 2.86 bits per heavy atom. The molecule has 1 heterocycles. The quantitative estimate of drug-likeness (QED) is 0.718. The van der Waals surface area contributed by atoms with Crippen molar-refractivity contribution in [2.45, 2.75) is 37.8 Å². The van der Waals surface area contributed by atoms with Crippen LogP contribution < -0.4 is 5.32 Å². The van der Waals surface area contributed by atoms with Crippen LogP contribution in [0.2, 0.25) is 0 Å². The SMILES string of the molecule is OC(CNC1CCCOCC1)C(F)F. The molecule has 0 amide bonds. The molecule has 0 bridgehead atoms. The lowest BCUT2D eigenvalue weighted by molar-refractivity contribution is -0.00489. The van der Waals surface area contributed by atoms with Crippen molar-refractivity contribution >= 4 is 0 Å². The van der Waals surface area contributed by atoms with E-state index in [9.17, 15) is 8.78 Å². The lowest BCUT2D eigenvalue weighted by atomic mass is 10.1. The maximum Gasteiger partial charge on any atom is 0.265 e. The van der Waals surface area contributed by atoms with Crippen molar-refractivity contribution in [1.82, 2.24) is 5.32 Å². The molecule has 2 N–H and O–H groups in total. The molecule has 0 aliphatic carbocycles. The molecule has 1 aliphatic heterocycles. The van der Waals surface area contributed by atoms with Gasteiger partial charge in [0.15, 0.2) is 0 Å². The molecule has 1 saturated heterocycles. The van der Waals surface area contributed by atoms with Crippen LogP contribution in [-0.2, 0) is 4.74 Å². The molecule has 0 aromatic heterocycles. The van der Waals surface area contributed by atoms with Crippen molar-refractivity contribution in [3.63, 3.8) is 0 Å². The first-order valence-corrected chi connectivity index (χ1v) is 4.97. The van der Waals surface area contributed by atoms with E-state index in [-0.39, 0.29) is 12.6 Å². The van der Waals surface area contributed by atoms with E-state index in [1.54, 1.807) is 0 Å². The fourth-order valence-electron chi connectivity index (χ4n) is 1.48. The molecule has 1 aliphatic rings. The summed E-state index contributed by atoms with van der Waals surface area (Å²) < 4.78 is 29.1. The summed E-state index contributed by atoms with van der Waals surface area (Å²) in [6, 6.07) is 0.200. The van der Waals surface area contributed by atoms with Crippen molar-refractivity contribution < 1.29 is 18.6 Å². The van der Waals surface area contributed by atoms with Crippen molar-refractivity contribution in [2.24, 2.45) is 0 Å². The summed E-state index contributed by atoms with van der Waals surface area (Å²) in [5, 5.41) is 11.8. The fraction of sp³-hybridized carbons (Fsp3) is 1.00. The van der Waals surface area contributed by atoms with E-state index in [0.29, 0.717) is 6.61 Å². The summed E-state index contributed by atoms with van der Waals surface area (Å²) in [6.45, 7) is 1.38. The Balaban J connectivity index is 2.15. The van der Waals surface area contributed by atoms with E-state index in [0.717, 1.165) is 25.9 Å². The Labute approximate surface area is 82.4 Å². The van der Waals surface area contributed by atoms with E-state index in [1.165, 1.54) is 0 Å². The van der Waals surface area contributed by atoms with Gasteiger partial charge in [0, 0.05) is 25.8 Å². The lowest BCUT2D eigenvalue weighted by Crippen LogP contribution is -2.38. The first-order valence-electron chi connectivity index (χ1n) is 4.97. The molecule has 84 valence electrons. The van der Waals surface area contributed by atoms with Crippen molar-refractivity contribution in [3.8, 4) is 0 Å². The van der Waals surface area contributed by atoms with E-state index in [1.807, 2.05) is 0 Å². The zero-order valence-electron chi connectivity index (χ0n) is 8.09. The third-order valence-electron chi connectivity index (χ3n) is 2.36. The van der Waals surface area contributed by atoms with Gasteiger partial charge >= 0.3 is 0 Å². The second-order valence-corrected chi connectivity index (χ2v) is 3.55. The minimum Gasteiger partial charge on any atom is -0.386 e. The van der Waals surface area contributed by atoms with Gasteiger partial charge in [-0.15, -0.1) is 0 Å². The van der Waals surface area contributed by atoms with Gasteiger partial charge in [0.1, 0.15) is 6.10 Å². The molecule has 1 fully saturated rings. The second kappa shape index (κ2) is 6.27. The fourth-order valence-corrected chi connectivity index (χ4v) is 1.48. The van der Waals surface area contributed by atoms with Crippen LogP contribution in [0.1, 0.15) is 19.3 Å². The summed E-state index contributed by atoms with van der Waals surface area (Å²) in [5.41, 5.74) is 0. The number of hydrogen-bond acceptors (Lipinski definition) is 3. The van der Waals surface area contributed by atoms with Gasteiger partial charge in [-0.2, -0.15) is 0 Å². The summed E-state index contributed by atoms with van der Waals surface area (Å²) in [4.78, 5) is 0. The molecule has 14 heavy (non-hydrogen) atoms. The van der Waals surface area contributed by atoms with Gasteiger partial charge in [0.25, 0.3) is 6.43 Å². The van der Waals surface area contributed by atoms with E-state index >= 15 is 0 Å². The molecule has 0 saturated carbocycles. The predicted molar refractivity (Wildman–Crippen MR) is 48.5 cm³/mol. The Kier molecular flexibility index (Phi) is 5.29. The highest BCUT2D eigenvalue weighted by molar-refractivity contribution is 4.72. The van der Waals surface area contributed by atoms with Gasteiger partial charge in [-0.1, -0.05) is 0 Å². The van der Waals surface area contributed by atoms with Crippen LogP contribution in [0.15, 0.2) is 0 Å². The third-order valence-corrected chi connectivity index (χ3v) is 2.36. The summed E-state index contributed by atoms with van der Waals surface area (Å²) in [7, 11) is 0. The first kappa shape index (κ1) is 11.8. The van der Waals surface area contributed by atoms with Crippen LogP contribution in [0.25, 0.3) is 0 Å². The van der Waals surface area contributed by atoms with Gasteiger partial charge in [-0.3, -0.25) is 0 Å². The highest BCUT2D eigenvalue weighted by Crippen LogP contribution is 2.08. The van der Waals surface area contributed by atoms with Gasteiger partial charge in [0.05, 0.1) is 0 Å². The Morgan fingerprint density at radius 2 is 2.14 bits per heavy atom. The van der Waals surface area contributed by atoms with Crippen molar-refractivity contribution in [2.75, 3.05) is 19.8 Å². The lowest BCUT2D eigenvalue weighted by Gasteiger charge is -2.17. The molecule has 1 rings (SSSR count). The average molecular weight is 209 g/mol. The number of hydrogen-bond donors (Lipinski definition) is 2. The predicted octanol–water partition coefficient (Wildman–Crippen LogP) is 0.771. The Bertz CT molecular complexity index is 150. The first-order chi connectivity index (χ1) is 6.70. The van der Waals surface area contributed by atoms with Crippen LogP contribution in [0.3, 0.4) is 0 Å². The second-order valence-electron chi connectivity index (χ2n) is 3.55. The molecule has 0 aromatic carbocycles. The zero-order valence-corrected chi connectivity index (χ0v) is 8.09. The van der Waals surface area contributed by atoms with E-state index < -0.39 is 12.5 Å². The van der Waals surface area contributed by atoms with Gasteiger partial charge < -0.3 is 15.2 Å². The summed E-state index contributed by atoms with van der Waals surface area (Å²) in [5.74, 6) is 0. The molecule has 0 aromatic rings. The molecule has 3 nitrogen and oxygen atoms in total. The molecule has 2 atom stereocenters. The number of ether oxygens (including phenoxy) is 1. The normalized spacial score (nSPS) is 26.1. The highest BCUT2D eigenvalue weighted by Gasteiger charge is 2.19. The minimum atomic E-state index is -2.66. The van der Waals surface area contributed by atoms with Crippen LogP contribution >= 0.6 is 0 Å². The van der Waals surface area contributed by atoms with Crippen LogP contribution in [-0.4, -0.2) is 43.4 Å². The monoisotopic (exact) mass is 209 g/mol. The third kappa shape index (κ3) is 4.30. The van der Waals surface area contributed by atoms with Gasteiger partial charge in [-0.05, 0) is 19.3 Å². The standard InChI is InChI=1S/C9H17F2NO2/c10-9(11)8(13)6-12-7-2-1-4-14-5-3-7/h7-9,12-13H,1-6H2. The molecule has 0 radical (unpaired) electrons. The maximum atomic E-state index is 11.9. The number of alkyl halides is 2. The van der Waals surface area contributed by atoms with E-state index in [4.69, 9.17) is 9.84 Å². The van der Waals surface area contributed by atoms with Gasteiger partial charge in [-0.25, -0.2) is 8.78 Å². The van der Waals surface area contributed by atoms with E-state index in [2.05, 4.69) is 5.32 Å². The molecule has 0 spiro atoms. The maximum absolute atomic E-state index is 11.9. The number of nitrogens with one attached hydrogen (secondary N) is 1. The molecule has 2 unspecified atom stereocenters.